The number of likely N-dealkylation sites (tertiary alicyclic amines) is 1. The maximum absolute atomic E-state index is 12.6. The number of nitrogens with zero attached hydrogens (tertiary/aromatic N) is 4. The summed E-state index contributed by atoms with van der Waals surface area (Å²) in [5, 5.41) is 0. The number of carbonyl (C=O) groups excluding carboxylic acids is 1. The van der Waals surface area contributed by atoms with E-state index in [4.69, 9.17) is 4.74 Å². The molecule has 0 N–H and O–H groups in total. The highest BCUT2D eigenvalue weighted by molar-refractivity contribution is 5.74. The van der Waals surface area contributed by atoms with Crippen LogP contribution in [0.25, 0.3) is 0 Å². The molecule has 110 valence electrons. The predicted molar refractivity (Wildman–Crippen MR) is 74.2 cm³/mol. The van der Waals surface area contributed by atoms with Crippen molar-refractivity contribution in [2.75, 3.05) is 33.4 Å². The fourth-order valence-corrected chi connectivity index (χ4v) is 3.15. The van der Waals surface area contributed by atoms with Gasteiger partial charge in [-0.2, -0.15) is 0 Å². The summed E-state index contributed by atoms with van der Waals surface area (Å²) in [5.74, 6) is 0.321. The van der Waals surface area contributed by atoms with Gasteiger partial charge in [0, 0.05) is 45.4 Å². The SMILES string of the molecule is COCC1CN(C(=O)N2CCCC2)Cc2cncn2C1. The zero-order valence-electron chi connectivity index (χ0n) is 12.0. The van der Waals surface area contributed by atoms with Gasteiger partial charge in [0.05, 0.1) is 25.2 Å². The number of urea groups is 1. The summed E-state index contributed by atoms with van der Waals surface area (Å²) >= 11 is 0. The van der Waals surface area contributed by atoms with Crippen molar-refractivity contribution in [1.29, 1.82) is 0 Å². The number of rotatable bonds is 2. The second-order valence-corrected chi connectivity index (χ2v) is 5.72. The molecule has 1 aromatic rings. The van der Waals surface area contributed by atoms with Gasteiger partial charge in [-0.1, -0.05) is 0 Å². The molecule has 1 unspecified atom stereocenters. The van der Waals surface area contributed by atoms with Crippen molar-refractivity contribution in [3.05, 3.63) is 18.2 Å². The average molecular weight is 278 g/mol. The van der Waals surface area contributed by atoms with Gasteiger partial charge in [-0.05, 0) is 12.8 Å². The van der Waals surface area contributed by atoms with Crippen LogP contribution in [0.5, 0.6) is 0 Å². The molecule has 1 fully saturated rings. The van der Waals surface area contributed by atoms with Crippen LogP contribution in [0.3, 0.4) is 0 Å². The van der Waals surface area contributed by atoms with Crippen molar-refractivity contribution in [2.45, 2.75) is 25.9 Å². The Morgan fingerprint density at radius 2 is 2.15 bits per heavy atom. The van der Waals surface area contributed by atoms with E-state index in [-0.39, 0.29) is 6.03 Å². The number of imidazole rings is 1. The third-order valence-corrected chi connectivity index (χ3v) is 4.13. The van der Waals surface area contributed by atoms with Crippen LogP contribution < -0.4 is 0 Å². The zero-order chi connectivity index (χ0) is 13.9. The molecule has 0 spiro atoms. The normalized spacial score (nSPS) is 22.8. The summed E-state index contributed by atoms with van der Waals surface area (Å²) < 4.78 is 7.44. The first-order valence-electron chi connectivity index (χ1n) is 7.29. The van der Waals surface area contributed by atoms with Gasteiger partial charge in [-0.25, -0.2) is 9.78 Å². The molecule has 0 radical (unpaired) electrons. The number of methoxy groups -OCH3 is 1. The van der Waals surface area contributed by atoms with Crippen LogP contribution >= 0.6 is 0 Å². The lowest BCUT2D eigenvalue weighted by Gasteiger charge is -2.28. The molecule has 3 rings (SSSR count). The topological polar surface area (TPSA) is 50.6 Å². The van der Waals surface area contributed by atoms with E-state index in [1.54, 1.807) is 7.11 Å². The van der Waals surface area contributed by atoms with Gasteiger partial charge in [0.2, 0.25) is 0 Å². The Morgan fingerprint density at radius 1 is 1.35 bits per heavy atom. The molecular weight excluding hydrogens is 256 g/mol. The first kappa shape index (κ1) is 13.4. The van der Waals surface area contributed by atoms with E-state index in [9.17, 15) is 4.79 Å². The highest BCUT2D eigenvalue weighted by Crippen LogP contribution is 2.19. The second kappa shape index (κ2) is 5.83. The van der Waals surface area contributed by atoms with Crippen LogP contribution in [0.1, 0.15) is 18.5 Å². The van der Waals surface area contributed by atoms with E-state index in [0.29, 0.717) is 19.1 Å². The van der Waals surface area contributed by atoms with Crippen molar-refractivity contribution in [3.63, 3.8) is 0 Å². The molecule has 0 saturated carbocycles. The van der Waals surface area contributed by atoms with E-state index < -0.39 is 0 Å². The molecule has 1 saturated heterocycles. The Balaban J connectivity index is 1.77. The molecule has 0 aromatic carbocycles. The lowest BCUT2D eigenvalue weighted by Crippen LogP contribution is -2.43. The number of amides is 2. The molecule has 1 atom stereocenters. The third kappa shape index (κ3) is 2.65. The van der Waals surface area contributed by atoms with Gasteiger partial charge in [0.15, 0.2) is 0 Å². The Morgan fingerprint density at radius 3 is 2.90 bits per heavy atom. The predicted octanol–water partition coefficient (Wildman–Crippen LogP) is 1.18. The van der Waals surface area contributed by atoms with Crippen LogP contribution in [0.15, 0.2) is 12.5 Å². The summed E-state index contributed by atoms with van der Waals surface area (Å²) in [6, 6.07) is 0.165. The lowest BCUT2D eigenvalue weighted by atomic mass is 10.1. The van der Waals surface area contributed by atoms with Gasteiger partial charge >= 0.3 is 6.03 Å². The van der Waals surface area contributed by atoms with Crippen LogP contribution in [-0.4, -0.2) is 58.7 Å². The van der Waals surface area contributed by atoms with E-state index in [0.717, 1.165) is 44.7 Å². The highest BCUT2D eigenvalue weighted by atomic mass is 16.5. The van der Waals surface area contributed by atoms with Gasteiger partial charge in [0.25, 0.3) is 0 Å². The number of carbonyl (C=O) groups is 1. The third-order valence-electron chi connectivity index (χ3n) is 4.13. The Hall–Kier alpha value is -1.56. The number of aromatic nitrogens is 2. The molecule has 1 aromatic heterocycles. The van der Waals surface area contributed by atoms with Crippen molar-refractivity contribution in [3.8, 4) is 0 Å². The van der Waals surface area contributed by atoms with Gasteiger partial charge < -0.3 is 19.1 Å². The Kier molecular flexibility index (Phi) is 3.91. The molecule has 20 heavy (non-hydrogen) atoms. The first-order valence-corrected chi connectivity index (χ1v) is 7.29. The minimum Gasteiger partial charge on any atom is -0.384 e. The smallest absolute Gasteiger partial charge is 0.320 e. The van der Waals surface area contributed by atoms with Crippen molar-refractivity contribution in [1.82, 2.24) is 19.4 Å². The monoisotopic (exact) mass is 278 g/mol. The number of ether oxygens (including phenoxy) is 1. The summed E-state index contributed by atoms with van der Waals surface area (Å²) in [4.78, 5) is 20.7. The van der Waals surface area contributed by atoms with E-state index in [1.807, 2.05) is 22.3 Å². The molecule has 0 bridgehead atoms. The fraction of sp³-hybridized carbons (Fsp3) is 0.714. The molecule has 2 aliphatic rings. The van der Waals surface area contributed by atoms with Crippen molar-refractivity contribution >= 4 is 6.03 Å². The maximum atomic E-state index is 12.6. The van der Waals surface area contributed by atoms with Crippen LogP contribution in [0.2, 0.25) is 0 Å². The number of hydrogen-bond acceptors (Lipinski definition) is 3. The molecule has 3 heterocycles. The van der Waals surface area contributed by atoms with E-state index >= 15 is 0 Å². The fourth-order valence-electron chi connectivity index (χ4n) is 3.15. The minimum atomic E-state index is 0.165. The van der Waals surface area contributed by atoms with Crippen LogP contribution in [-0.2, 0) is 17.8 Å². The Labute approximate surface area is 119 Å². The minimum absolute atomic E-state index is 0.165. The lowest BCUT2D eigenvalue weighted by molar-refractivity contribution is 0.113. The molecule has 6 heteroatoms. The quantitative estimate of drug-likeness (QED) is 0.816. The van der Waals surface area contributed by atoms with E-state index in [2.05, 4.69) is 9.55 Å². The molecule has 2 amide bonds. The zero-order valence-corrected chi connectivity index (χ0v) is 12.0. The van der Waals surface area contributed by atoms with Gasteiger partial charge in [0.1, 0.15) is 0 Å². The highest BCUT2D eigenvalue weighted by Gasteiger charge is 2.29. The summed E-state index contributed by atoms with van der Waals surface area (Å²) in [5.41, 5.74) is 1.11. The summed E-state index contributed by atoms with van der Waals surface area (Å²) in [6.07, 6.45) is 5.96. The molecular formula is C14H22N4O2. The second-order valence-electron chi connectivity index (χ2n) is 5.72. The van der Waals surface area contributed by atoms with Crippen molar-refractivity contribution < 1.29 is 9.53 Å². The van der Waals surface area contributed by atoms with E-state index in [1.165, 1.54) is 0 Å². The average Bonchev–Trinajstić information content (AvgIpc) is 3.07. The first-order chi connectivity index (χ1) is 9.78. The molecule has 2 aliphatic heterocycles. The molecule has 6 nitrogen and oxygen atoms in total. The summed E-state index contributed by atoms with van der Waals surface area (Å²) in [6.45, 7) is 4.72. The molecule has 0 aliphatic carbocycles. The van der Waals surface area contributed by atoms with Crippen LogP contribution in [0, 0.1) is 5.92 Å². The van der Waals surface area contributed by atoms with Gasteiger partial charge in [-0.15, -0.1) is 0 Å². The van der Waals surface area contributed by atoms with Gasteiger partial charge in [-0.3, -0.25) is 0 Å². The maximum Gasteiger partial charge on any atom is 0.320 e. The number of hydrogen-bond donors (Lipinski definition) is 0. The van der Waals surface area contributed by atoms with Crippen molar-refractivity contribution in [2.24, 2.45) is 5.92 Å². The van der Waals surface area contributed by atoms with Crippen LogP contribution in [0.4, 0.5) is 4.79 Å². The number of fused-ring (bicyclic) bond motifs is 1. The summed E-state index contributed by atoms with van der Waals surface area (Å²) in [7, 11) is 1.71. The largest absolute Gasteiger partial charge is 0.384 e. The Bertz CT molecular complexity index is 467. The standard InChI is InChI=1S/C14H22N4O2/c1-20-10-12-7-17(14(19)16-4-2-3-5-16)9-13-6-15-11-18(13)8-12/h6,11-12H,2-5,7-10H2,1H3.